The molecule has 0 atom stereocenters. The van der Waals surface area contributed by atoms with Crippen LogP contribution in [0, 0.1) is 0 Å². The van der Waals surface area contributed by atoms with Gasteiger partial charge in [0.05, 0.1) is 5.39 Å². The van der Waals surface area contributed by atoms with E-state index in [1.807, 2.05) is 23.6 Å². The number of nitrogens with two attached hydrogens (primary N) is 1. The average Bonchev–Trinajstić information content (AvgIpc) is 2.96. The van der Waals surface area contributed by atoms with Crippen LogP contribution in [-0.4, -0.2) is 16.2 Å². The molecule has 0 bridgehead atoms. The zero-order valence-electron chi connectivity index (χ0n) is 10.8. The summed E-state index contributed by atoms with van der Waals surface area (Å²) in [6.45, 7) is 0. The summed E-state index contributed by atoms with van der Waals surface area (Å²) >= 11 is 3.27. The van der Waals surface area contributed by atoms with Crippen LogP contribution in [0.5, 0.6) is 0 Å². The summed E-state index contributed by atoms with van der Waals surface area (Å²) in [6, 6.07) is 10.2. The molecule has 0 saturated heterocycles. The predicted molar refractivity (Wildman–Crippen MR) is 86.7 cm³/mol. The van der Waals surface area contributed by atoms with Crippen molar-refractivity contribution in [2.75, 3.05) is 17.0 Å². The number of hydrogen-bond acceptors (Lipinski definition) is 7. The van der Waals surface area contributed by atoms with E-state index in [0.29, 0.717) is 5.95 Å². The molecule has 0 aliphatic rings. The van der Waals surface area contributed by atoms with E-state index in [2.05, 4.69) is 39.1 Å². The highest BCUT2D eigenvalue weighted by atomic mass is 32.2. The zero-order valence-corrected chi connectivity index (χ0v) is 12.4. The van der Waals surface area contributed by atoms with Gasteiger partial charge in [-0.3, -0.25) is 5.43 Å². The predicted octanol–water partition coefficient (Wildman–Crippen LogP) is 3.44. The van der Waals surface area contributed by atoms with Crippen LogP contribution >= 0.6 is 23.1 Å². The molecule has 3 aromatic rings. The largest absolute Gasteiger partial charge is 0.340 e. The number of rotatable bonds is 4. The summed E-state index contributed by atoms with van der Waals surface area (Å²) in [6.07, 6.45) is 2.06. The van der Waals surface area contributed by atoms with Crippen LogP contribution < -0.4 is 16.6 Å². The molecule has 102 valence electrons. The lowest BCUT2D eigenvalue weighted by Crippen LogP contribution is -2.11. The van der Waals surface area contributed by atoms with Gasteiger partial charge in [0.15, 0.2) is 0 Å². The maximum absolute atomic E-state index is 5.41. The van der Waals surface area contributed by atoms with Crippen molar-refractivity contribution in [2.24, 2.45) is 5.84 Å². The van der Waals surface area contributed by atoms with E-state index in [0.717, 1.165) is 21.7 Å². The molecule has 20 heavy (non-hydrogen) atoms. The molecule has 7 heteroatoms. The quantitative estimate of drug-likeness (QED) is 0.389. The van der Waals surface area contributed by atoms with E-state index in [1.54, 1.807) is 23.1 Å². The van der Waals surface area contributed by atoms with E-state index >= 15 is 0 Å². The molecule has 0 spiro atoms. The van der Waals surface area contributed by atoms with E-state index < -0.39 is 0 Å². The second-order valence-electron chi connectivity index (χ2n) is 4.03. The molecule has 3 rings (SSSR count). The van der Waals surface area contributed by atoms with E-state index in [-0.39, 0.29) is 0 Å². The van der Waals surface area contributed by atoms with Crippen molar-refractivity contribution in [2.45, 2.75) is 4.90 Å². The topological polar surface area (TPSA) is 75.9 Å². The third kappa shape index (κ3) is 2.55. The van der Waals surface area contributed by atoms with Crippen LogP contribution in [0.15, 0.2) is 40.6 Å². The fourth-order valence-electron chi connectivity index (χ4n) is 1.83. The van der Waals surface area contributed by atoms with Crippen LogP contribution in [0.1, 0.15) is 0 Å². The minimum Gasteiger partial charge on any atom is -0.340 e. The molecule has 0 amide bonds. The first-order valence-electron chi connectivity index (χ1n) is 5.93. The molecule has 0 fully saturated rings. The third-order valence-electron chi connectivity index (χ3n) is 2.81. The minimum absolute atomic E-state index is 0.406. The Hall–Kier alpha value is -1.83. The Morgan fingerprint density at radius 2 is 1.95 bits per heavy atom. The lowest BCUT2D eigenvalue weighted by molar-refractivity contribution is 1.16. The zero-order chi connectivity index (χ0) is 13.9. The Morgan fingerprint density at radius 1 is 1.15 bits per heavy atom. The second kappa shape index (κ2) is 5.66. The molecular weight excluding hydrogens is 290 g/mol. The normalized spacial score (nSPS) is 10.7. The number of thiophene rings is 1. The van der Waals surface area contributed by atoms with Gasteiger partial charge in [0.1, 0.15) is 10.6 Å². The smallest absolute Gasteiger partial charge is 0.240 e. The lowest BCUT2D eigenvalue weighted by atomic mass is 10.3. The van der Waals surface area contributed by atoms with Crippen LogP contribution in [0.4, 0.5) is 17.5 Å². The van der Waals surface area contributed by atoms with Gasteiger partial charge in [0.25, 0.3) is 0 Å². The van der Waals surface area contributed by atoms with E-state index in [4.69, 9.17) is 5.84 Å². The Balaban J connectivity index is 1.98. The first-order chi connectivity index (χ1) is 9.80. The number of hydrazine groups is 1. The van der Waals surface area contributed by atoms with Gasteiger partial charge < -0.3 is 5.32 Å². The van der Waals surface area contributed by atoms with Gasteiger partial charge in [0.2, 0.25) is 5.95 Å². The highest BCUT2D eigenvalue weighted by molar-refractivity contribution is 7.98. The van der Waals surface area contributed by atoms with Crippen molar-refractivity contribution < 1.29 is 0 Å². The average molecular weight is 303 g/mol. The molecule has 0 radical (unpaired) electrons. The van der Waals surface area contributed by atoms with Crippen molar-refractivity contribution in [3.05, 3.63) is 35.7 Å². The Bertz CT molecular complexity index is 723. The molecule has 4 N–H and O–H groups in total. The second-order valence-corrected chi connectivity index (χ2v) is 5.81. The summed E-state index contributed by atoms with van der Waals surface area (Å²) in [5.41, 5.74) is 3.48. The van der Waals surface area contributed by atoms with Gasteiger partial charge in [-0.05, 0) is 42.0 Å². The molecule has 0 unspecified atom stereocenters. The van der Waals surface area contributed by atoms with Gasteiger partial charge in [-0.25, -0.2) is 10.8 Å². The van der Waals surface area contributed by atoms with Crippen molar-refractivity contribution in [3.63, 3.8) is 0 Å². The molecule has 0 aliphatic heterocycles. The lowest BCUT2D eigenvalue weighted by Gasteiger charge is -2.09. The highest BCUT2D eigenvalue weighted by Crippen LogP contribution is 2.29. The van der Waals surface area contributed by atoms with Gasteiger partial charge in [-0.15, -0.1) is 23.1 Å². The maximum Gasteiger partial charge on any atom is 0.240 e. The SMILES string of the molecule is CSc1ccc(Nc2nc(NN)nc3sccc23)cc1. The van der Waals surface area contributed by atoms with E-state index in [1.165, 1.54) is 4.90 Å². The molecule has 1 aromatic carbocycles. The minimum atomic E-state index is 0.406. The number of nitrogens with one attached hydrogen (secondary N) is 2. The fourth-order valence-corrected chi connectivity index (χ4v) is 3.00. The van der Waals surface area contributed by atoms with Crippen LogP contribution in [0.3, 0.4) is 0 Å². The maximum atomic E-state index is 5.41. The Kier molecular flexibility index (Phi) is 3.72. The number of nitrogens with zero attached hydrogens (tertiary/aromatic N) is 2. The number of nitrogen functional groups attached to an aromatic ring is 1. The number of hydrogen-bond donors (Lipinski definition) is 3. The van der Waals surface area contributed by atoms with Crippen molar-refractivity contribution in [1.82, 2.24) is 9.97 Å². The van der Waals surface area contributed by atoms with Gasteiger partial charge in [-0.1, -0.05) is 0 Å². The number of fused-ring (bicyclic) bond motifs is 1. The summed E-state index contributed by atoms with van der Waals surface area (Å²) < 4.78 is 0. The van der Waals surface area contributed by atoms with Crippen LogP contribution in [0.25, 0.3) is 10.2 Å². The standard InChI is InChI=1S/C13H13N5S2/c1-19-9-4-2-8(3-5-9)15-11-10-6-7-20-12(10)17-13(16-11)18-14/h2-7H,14H2,1H3,(H2,15,16,17,18). The van der Waals surface area contributed by atoms with Crippen LogP contribution in [0.2, 0.25) is 0 Å². The fraction of sp³-hybridized carbons (Fsp3) is 0.0769. The molecule has 5 nitrogen and oxygen atoms in total. The number of aromatic nitrogens is 2. The first kappa shape index (κ1) is 13.2. The van der Waals surface area contributed by atoms with E-state index in [9.17, 15) is 0 Å². The van der Waals surface area contributed by atoms with Crippen molar-refractivity contribution in [3.8, 4) is 0 Å². The number of thioether (sulfide) groups is 1. The van der Waals surface area contributed by atoms with Gasteiger partial charge in [-0.2, -0.15) is 4.98 Å². The first-order valence-corrected chi connectivity index (χ1v) is 8.03. The van der Waals surface area contributed by atoms with Gasteiger partial charge in [0, 0.05) is 10.6 Å². The van der Waals surface area contributed by atoms with Crippen molar-refractivity contribution >= 4 is 50.8 Å². The Labute approximate surface area is 124 Å². The van der Waals surface area contributed by atoms with Gasteiger partial charge >= 0.3 is 0 Å². The van der Waals surface area contributed by atoms with Crippen LogP contribution in [-0.2, 0) is 0 Å². The molecule has 0 saturated carbocycles. The summed E-state index contributed by atoms with van der Waals surface area (Å²) in [4.78, 5) is 10.8. The molecular formula is C13H13N5S2. The summed E-state index contributed by atoms with van der Waals surface area (Å²) in [7, 11) is 0. The Morgan fingerprint density at radius 3 is 2.65 bits per heavy atom. The highest BCUT2D eigenvalue weighted by Gasteiger charge is 2.08. The molecule has 0 aliphatic carbocycles. The number of anilines is 3. The number of benzene rings is 1. The van der Waals surface area contributed by atoms with Crippen molar-refractivity contribution in [1.29, 1.82) is 0 Å². The molecule has 2 aromatic heterocycles. The summed E-state index contributed by atoms with van der Waals surface area (Å²) in [5, 5.41) is 6.29. The third-order valence-corrected chi connectivity index (χ3v) is 4.36. The monoisotopic (exact) mass is 303 g/mol. The summed E-state index contributed by atoms with van der Waals surface area (Å²) in [5.74, 6) is 6.57. The molecule has 2 heterocycles.